The van der Waals surface area contributed by atoms with Gasteiger partial charge in [-0.2, -0.15) is 4.57 Å². The first-order valence-corrected chi connectivity index (χ1v) is 11.0. The predicted molar refractivity (Wildman–Crippen MR) is 136 cm³/mol. The fraction of sp³-hybridized carbons (Fsp3) is 0.200. The number of hydrogen-bond acceptors (Lipinski definition) is 1. The van der Waals surface area contributed by atoms with Crippen molar-refractivity contribution >= 4 is 27.6 Å². The zero-order valence-corrected chi connectivity index (χ0v) is 19.5. The first-order valence-electron chi connectivity index (χ1n) is 12.5. The van der Waals surface area contributed by atoms with Crippen LogP contribution in [0, 0.1) is 20.4 Å². The second kappa shape index (κ2) is 7.90. The van der Waals surface area contributed by atoms with Crippen LogP contribution in [0.1, 0.15) is 40.7 Å². The van der Waals surface area contributed by atoms with E-state index in [0.717, 1.165) is 33.0 Å². The number of nitrogens with zero attached hydrogens (tertiary/aromatic N) is 2. The molecule has 3 nitrogen and oxygen atoms in total. The molecule has 33 heavy (non-hydrogen) atoms. The van der Waals surface area contributed by atoms with Crippen LogP contribution in [0.5, 0.6) is 0 Å². The highest BCUT2D eigenvalue weighted by Crippen LogP contribution is 2.44. The molecule has 162 valence electrons. The zero-order chi connectivity index (χ0) is 25.9. The molecule has 0 unspecified atom stereocenters. The number of aromatic nitrogens is 1. The molecule has 5 rings (SSSR count). The standard InChI is InChI=1S/C30H27N2O/c1-18(2)22-15-20(4)32(6)26(16-22)28-19(3)14-25(21-10-8-7-9-11-21)29-24-13-12-23(31-5)17-27(24)33-30(28)29/h7-18H,1-4,6H3/q+1/i15D,16D,18D. The molecule has 0 aliphatic heterocycles. The van der Waals surface area contributed by atoms with Gasteiger partial charge in [0.1, 0.15) is 18.2 Å². The van der Waals surface area contributed by atoms with Crippen LogP contribution in [-0.4, -0.2) is 0 Å². The Morgan fingerprint density at radius 2 is 1.82 bits per heavy atom. The summed E-state index contributed by atoms with van der Waals surface area (Å²) in [5.74, 6) is -1.11. The number of rotatable bonds is 3. The first kappa shape index (κ1) is 17.6. The third-order valence-electron chi connectivity index (χ3n) is 6.26. The van der Waals surface area contributed by atoms with Gasteiger partial charge in [-0.15, -0.1) is 0 Å². The Kier molecular flexibility index (Phi) is 4.22. The lowest BCUT2D eigenvalue weighted by molar-refractivity contribution is -0.666. The summed E-state index contributed by atoms with van der Waals surface area (Å²) in [5.41, 5.74) is 7.22. The summed E-state index contributed by atoms with van der Waals surface area (Å²) in [4.78, 5) is 3.57. The lowest BCUT2D eigenvalue weighted by atomic mass is 9.91. The van der Waals surface area contributed by atoms with Gasteiger partial charge in [-0.25, -0.2) is 4.85 Å². The summed E-state index contributed by atoms with van der Waals surface area (Å²) < 4.78 is 34.9. The summed E-state index contributed by atoms with van der Waals surface area (Å²) in [7, 11) is 1.86. The molecular weight excluding hydrogens is 404 g/mol. The first-order chi connectivity index (χ1) is 17.0. The van der Waals surface area contributed by atoms with E-state index >= 15 is 0 Å². The summed E-state index contributed by atoms with van der Waals surface area (Å²) in [6, 6.07) is 18.1. The predicted octanol–water partition coefficient (Wildman–Crippen LogP) is 8.04. The van der Waals surface area contributed by atoms with Crippen LogP contribution < -0.4 is 4.57 Å². The number of fused-ring (bicyclic) bond motifs is 3. The maximum absolute atomic E-state index is 9.16. The van der Waals surface area contributed by atoms with Crippen LogP contribution in [0.3, 0.4) is 0 Å². The Bertz CT molecular complexity index is 1720. The van der Waals surface area contributed by atoms with Crippen LogP contribution >= 0.6 is 0 Å². The van der Waals surface area contributed by atoms with Crippen molar-refractivity contribution in [3.05, 3.63) is 94.9 Å². The molecule has 3 aromatic carbocycles. The number of aryl methyl sites for hydroxylation is 1. The lowest BCUT2D eigenvalue weighted by Crippen LogP contribution is -2.35. The van der Waals surface area contributed by atoms with Crippen molar-refractivity contribution in [3.63, 3.8) is 0 Å². The van der Waals surface area contributed by atoms with E-state index in [1.165, 1.54) is 0 Å². The molecule has 0 aliphatic rings. The lowest BCUT2D eigenvalue weighted by Gasteiger charge is -2.13. The van der Waals surface area contributed by atoms with E-state index in [9.17, 15) is 0 Å². The SMILES string of the molecule is [2H]c1c(C([2H])(C)C)c([2H])c(-c2c(C)cc(-c3ccccc3)c3c2oc2cc([N+]#[C-])ccc23)[n+](C)c1C. The fourth-order valence-electron chi connectivity index (χ4n) is 4.42. The molecule has 0 fully saturated rings. The molecule has 0 radical (unpaired) electrons. The van der Waals surface area contributed by atoms with Gasteiger partial charge in [0.2, 0.25) is 5.69 Å². The number of pyridine rings is 1. The van der Waals surface area contributed by atoms with Gasteiger partial charge in [-0.3, -0.25) is 0 Å². The maximum Gasteiger partial charge on any atom is 0.216 e. The minimum Gasteiger partial charge on any atom is -0.456 e. The van der Waals surface area contributed by atoms with Crippen LogP contribution in [0.4, 0.5) is 5.69 Å². The molecule has 0 saturated carbocycles. The molecular formula is C30H27N2O+. The van der Waals surface area contributed by atoms with Crippen molar-refractivity contribution < 1.29 is 13.1 Å². The van der Waals surface area contributed by atoms with Gasteiger partial charge in [-0.05, 0) is 47.2 Å². The topological polar surface area (TPSA) is 21.4 Å². The van der Waals surface area contributed by atoms with Crippen LogP contribution in [-0.2, 0) is 7.05 Å². The number of benzene rings is 3. The van der Waals surface area contributed by atoms with Gasteiger partial charge in [0.05, 0.1) is 14.9 Å². The average molecular weight is 435 g/mol. The monoisotopic (exact) mass is 434 g/mol. The van der Waals surface area contributed by atoms with Crippen molar-refractivity contribution in [1.29, 1.82) is 0 Å². The molecule has 0 bridgehead atoms. The smallest absolute Gasteiger partial charge is 0.216 e. The Labute approximate surface area is 199 Å². The largest absolute Gasteiger partial charge is 0.456 e. The Balaban J connectivity index is 2.00. The van der Waals surface area contributed by atoms with Crippen molar-refractivity contribution in [2.75, 3.05) is 0 Å². The normalized spacial score (nSPS) is 13.0. The third kappa shape index (κ3) is 3.39. The quantitative estimate of drug-likeness (QED) is 0.208. The molecule has 2 aromatic heterocycles. The van der Waals surface area contributed by atoms with Crippen LogP contribution in [0.25, 0.3) is 49.2 Å². The molecule has 0 atom stereocenters. The molecule has 3 heteroatoms. The van der Waals surface area contributed by atoms with Crippen molar-refractivity contribution in [1.82, 2.24) is 0 Å². The molecule has 0 saturated heterocycles. The summed E-state index contributed by atoms with van der Waals surface area (Å²) in [5, 5.41) is 1.83. The second-order valence-electron chi connectivity index (χ2n) is 8.70. The maximum atomic E-state index is 9.16. The van der Waals surface area contributed by atoms with Crippen LogP contribution in [0.2, 0.25) is 0 Å². The zero-order valence-electron chi connectivity index (χ0n) is 22.5. The van der Waals surface area contributed by atoms with E-state index in [1.807, 2.05) is 49.7 Å². The highest BCUT2D eigenvalue weighted by molar-refractivity contribution is 6.17. The highest BCUT2D eigenvalue weighted by Gasteiger charge is 2.25. The van der Waals surface area contributed by atoms with Crippen molar-refractivity contribution in [2.45, 2.75) is 33.6 Å². The van der Waals surface area contributed by atoms with Gasteiger partial charge in [0.15, 0.2) is 11.4 Å². The van der Waals surface area contributed by atoms with Gasteiger partial charge in [0.25, 0.3) is 0 Å². The van der Waals surface area contributed by atoms with Crippen LogP contribution in [0.15, 0.2) is 71.1 Å². The fourth-order valence-corrected chi connectivity index (χ4v) is 4.42. The molecule has 0 N–H and O–H groups in total. The van der Waals surface area contributed by atoms with E-state index in [0.29, 0.717) is 33.8 Å². The summed E-state index contributed by atoms with van der Waals surface area (Å²) >= 11 is 0. The van der Waals surface area contributed by atoms with E-state index in [1.54, 1.807) is 26.0 Å². The molecule has 5 aromatic rings. The van der Waals surface area contributed by atoms with Gasteiger partial charge < -0.3 is 4.42 Å². The van der Waals surface area contributed by atoms with Gasteiger partial charge in [0, 0.05) is 31.2 Å². The van der Waals surface area contributed by atoms with Gasteiger partial charge >= 0.3 is 0 Å². The Hall–Kier alpha value is -3.90. The molecule has 0 aliphatic carbocycles. The van der Waals surface area contributed by atoms with Crippen molar-refractivity contribution in [3.8, 4) is 22.4 Å². The summed E-state index contributed by atoms with van der Waals surface area (Å²) in [6.07, 6.45) is 0. The third-order valence-corrected chi connectivity index (χ3v) is 6.26. The Morgan fingerprint density at radius 1 is 1.06 bits per heavy atom. The minimum atomic E-state index is -1.11. The van der Waals surface area contributed by atoms with Crippen molar-refractivity contribution in [2.24, 2.45) is 7.05 Å². The Morgan fingerprint density at radius 3 is 2.52 bits per heavy atom. The van der Waals surface area contributed by atoms with E-state index in [4.69, 9.17) is 15.1 Å². The number of furan rings is 1. The average Bonchev–Trinajstić information content (AvgIpc) is 3.21. The molecule has 0 spiro atoms. The van der Waals surface area contributed by atoms with E-state index < -0.39 is 5.89 Å². The molecule has 0 amide bonds. The highest BCUT2D eigenvalue weighted by atomic mass is 16.3. The molecule has 2 heterocycles. The van der Waals surface area contributed by atoms with E-state index in [-0.39, 0.29) is 12.1 Å². The van der Waals surface area contributed by atoms with E-state index in [2.05, 4.69) is 23.0 Å². The minimum absolute atomic E-state index is 0.160. The second-order valence-corrected chi connectivity index (χ2v) is 8.70. The summed E-state index contributed by atoms with van der Waals surface area (Å²) in [6.45, 7) is 14.7. The number of hydrogen-bond donors (Lipinski definition) is 0. The van der Waals surface area contributed by atoms with Gasteiger partial charge in [-0.1, -0.05) is 56.3 Å².